The van der Waals surface area contributed by atoms with Gasteiger partial charge in [-0.1, -0.05) is 43.7 Å². The molecule has 1 aromatic carbocycles. The number of fused-ring (bicyclic) bond motifs is 1. The van der Waals surface area contributed by atoms with Crippen LogP contribution in [0.2, 0.25) is 0 Å². The predicted octanol–water partition coefficient (Wildman–Crippen LogP) is 3.04. The number of carbonyl (C=O) groups is 2. The van der Waals surface area contributed by atoms with Crippen molar-refractivity contribution in [1.29, 1.82) is 0 Å². The van der Waals surface area contributed by atoms with Gasteiger partial charge in [0.15, 0.2) is 5.16 Å². The van der Waals surface area contributed by atoms with Gasteiger partial charge in [-0.2, -0.15) is 0 Å². The first-order chi connectivity index (χ1) is 13.1. The minimum absolute atomic E-state index is 0.0273. The smallest absolute Gasteiger partial charge is 0.242 e. The molecule has 0 radical (unpaired) electrons. The van der Waals surface area contributed by atoms with E-state index in [0.717, 1.165) is 41.2 Å². The maximum Gasteiger partial charge on any atom is 0.242 e. The number of nitrogens with two attached hydrogens (primary N) is 1. The Hall–Kier alpha value is -2.02. The number of likely N-dealkylation sites (tertiary alicyclic amines) is 1. The van der Waals surface area contributed by atoms with Crippen molar-refractivity contribution in [3.05, 3.63) is 24.3 Å². The molecule has 0 bridgehead atoms. The number of imidazole rings is 1. The van der Waals surface area contributed by atoms with Crippen LogP contribution in [0.1, 0.15) is 39.0 Å². The van der Waals surface area contributed by atoms with E-state index in [9.17, 15) is 9.59 Å². The van der Waals surface area contributed by atoms with Crippen LogP contribution in [0.4, 0.5) is 0 Å². The first kappa shape index (κ1) is 19.7. The molecular weight excluding hydrogens is 360 g/mol. The van der Waals surface area contributed by atoms with Crippen molar-refractivity contribution >= 4 is 34.6 Å². The van der Waals surface area contributed by atoms with E-state index in [-0.39, 0.29) is 24.3 Å². The Balaban J connectivity index is 1.76. The van der Waals surface area contributed by atoms with Gasteiger partial charge in [0.25, 0.3) is 0 Å². The zero-order valence-corrected chi connectivity index (χ0v) is 16.7. The normalized spacial score (nSPS) is 17.4. The van der Waals surface area contributed by atoms with Gasteiger partial charge in [0.05, 0.1) is 17.0 Å². The molecule has 0 spiro atoms. The molecule has 6 nitrogen and oxygen atoms in total. The van der Waals surface area contributed by atoms with E-state index in [0.29, 0.717) is 13.1 Å². The molecule has 0 aliphatic carbocycles. The second-order valence-corrected chi connectivity index (χ2v) is 8.17. The van der Waals surface area contributed by atoms with E-state index >= 15 is 0 Å². The van der Waals surface area contributed by atoms with E-state index in [1.165, 1.54) is 12.8 Å². The molecule has 1 atom stereocenters. The van der Waals surface area contributed by atoms with Gasteiger partial charge >= 0.3 is 0 Å². The highest BCUT2D eigenvalue weighted by Crippen LogP contribution is 2.26. The van der Waals surface area contributed by atoms with Crippen LogP contribution >= 0.6 is 11.8 Å². The molecule has 2 amide bonds. The SMILES string of the molecule is CCCCCSc1nc2ccccc2n1CC(=O)N1CCCC(C(N)=O)C1. The van der Waals surface area contributed by atoms with E-state index in [1.54, 1.807) is 16.7 Å². The molecule has 1 unspecified atom stereocenters. The summed E-state index contributed by atoms with van der Waals surface area (Å²) in [6.45, 7) is 3.56. The minimum Gasteiger partial charge on any atom is -0.369 e. The third-order valence-corrected chi connectivity index (χ3v) is 6.13. The second-order valence-electron chi connectivity index (χ2n) is 7.11. The lowest BCUT2D eigenvalue weighted by molar-refractivity contribution is -0.135. The van der Waals surface area contributed by atoms with Crippen molar-refractivity contribution in [2.45, 2.75) is 50.7 Å². The number of benzene rings is 1. The highest BCUT2D eigenvalue weighted by molar-refractivity contribution is 7.99. The van der Waals surface area contributed by atoms with Crippen LogP contribution < -0.4 is 5.73 Å². The Morgan fingerprint density at radius 3 is 2.89 bits per heavy atom. The van der Waals surface area contributed by atoms with E-state index in [1.807, 2.05) is 28.8 Å². The van der Waals surface area contributed by atoms with Crippen LogP contribution in [0.25, 0.3) is 11.0 Å². The molecule has 27 heavy (non-hydrogen) atoms. The van der Waals surface area contributed by atoms with Crippen LogP contribution in [0, 0.1) is 5.92 Å². The Labute approximate surface area is 164 Å². The molecule has 1 aliphatic heterocycles. The molecule has 2 heterocycles. The van der Waals surface area contributed by atoms with Crippen LogP contribution in [-0.2, 0) is 16.1 Å². The summed E-state index contributed by atoms with van der Waals surface area (Å²) in [5.41, 5.74) is 7.34. The summed E-state index contributed by atoms with van der Waals surface area (Å²) in [4.78, 5) is 30.9. The number of piperidine rings is 1. The molecule has 1 fully saturated rings. The fourth-order valence-corrected chi connectivity index (χ4v) is 4.52. The van der Waals surface area contributed by atoms with Crippen molar-refractivity contribution < 1.29 is 9.59 Å². The topological polar surface area (TPSA) is 81.2 Å². The zero-order valence-electron chi connectivity index (χ0n) is 15.9. The first-order valence-corrected chi connectivity index (χ1v) is 10.7. The number of unbranched alkanes of at least 4 members (excludes halogenated alkanes) is 2. The second kappa shape index (κ2) is 9.26. The van der Waals surface area contributed by atoms with Crippen molar-refractivity contribution in [1.82, 2.24) is 14.5 Å². The number of hydrogen-bond donors (Lipinski definition) is 1. The maximum absolute atomic E-state index is 12.9. The highest BCUT2D eigenvalue weighted by Gasteiger charge is 2.27. The van der Waals surface area contributed by atoms with Gasteiger partial charge < -0.3 is 15.2 Å². The highest BCUT2D eigenvalue weighted by atomic mass is 32.2. The summed E-state index contributed by atoms with van der Waals surface area (Å²) in [5.74, 6) is 0.483. The van der Waals surface area contributed by atoms with E-state index in [4.69, 9.17) is 10.7 Å². The quantitative estimate of drug-likeness (QED) is 0.557. The lowest BCUT2D eigenvalue weighted by atomic mass is 9.97. The number of primary amides is 1. The number of para-hydroxylation sites is 2. The molecule has 146 valence electrons. The lowest BCUT2D eigenvalue weighted by Crippen LogP contribution is -2.45. The van der Waals surface area contributed by atoms with Gasteiger partial charge in [0, 0.05) is 18.8 Å². The average Bonchev–Trinajstić information content (AvgIpc) is 3.03. The fraction of sp³-hybridized carbons (Fsp3) is 0.550. The third kappa shape index (κ3) is 4.83. The molecule has 7 heteroatoms. The summed E-state index contributed by atoms with van der Waals surface area (Å²) in [5, 5.41) is 0.893. The Kier molecular flexibility index (Phi) is 6.77. The summed E-state index contributed by atoms with van der Waals surface area (Å²) < 4.78 is 2.02. The largest absolute Gasteiger partial charge is 0.369 e. The molecule has 0 saturated carbocycles. The van der Waals surface area contributed by atoms with Gasteiger partial charge in [0.1, 0.15) is 6.54 Å². The summed E-state index contributed by atoms with van der Waals surface area (Å²) in [7, 11) is 0. The van der Waals surface area contributed by atoms with Crippen molar-refractivity contribution in [3.8, 4) is 0 Å². The Morgan fingerprint density at radius 1 is 1.30 bits per heavy atom. The van der Waals surface area contributed by atoms with Crippen LogP contribution in [0.5, 0.6) is 0 Å². The first-order valence-electron chi connectivity index (χ1n) is 9.75. The van der Waals surface area contributed by atoms with Crippen LogP contribution in [0.3, 0.4) is 0 Å². The maximum atomic E-state index is 12.9. The molecule has 2 aromatic rings. The monoisotopic (exact) mass is 388 g/mol. The van der Waals surface area contributed by atoms with E-state index in [2.05, 4.69) is 6.92 Å². The number of carbonyl (C=O) groups excluding carboxylic acids is 2. The number of thioether (sulfide) groups is 1. The number of nitrogens with zero attached hydrogens (tertiary/aromatic N) is 3. The Bertz CT molecular complexity index is 804. The van der Waals surface area contributed by atoms with Gasteiger partial charge in [-0.25, -0.2) is 4.98 Å². The number of amides is 2. The average molecular weight is 389 g/mol. The lowest BCUT2D eigenvalue weighted by Gasteiger charge is -2.31. The molecule has 2 N–H and O–H groups in total. The third-order valence-electron chi connectivity index (χ3n) is 5.07. The summed E-state index contributed by atoms with van der Waals surface area (Å²) in [6.07, 6.45) is 5.12. The Morgan fingerprint density at radius 2 is 2.11 bits per heavy atom. The van der Waals surface area contributed by atoms with Gasteiger partial charge in [-0.05, 0) is 31.4 Å². The number of aromatic nitrogens is 2. The van der Waals surface area contributed by atoms with Gasteiger partial charge in [-0.3, -0.25) is 9.59 Å². The molecule has 1 aliphatic rings. The van der Waals surface area contributed by atoms with Crippen LogP contribution in [-0.4, -0.2) is 45.1 Å². The minimum atomic E-state index is -0.312. The predicted molar refractivity (Wildman–Crippen MR) is 108 cm³/mol. The van der Waals surface area contributed by atoms with Crippen LogP contribution in [0.15, 0.2) is 29.4 Å². The number of hydrogen-bond acceptors (Lipinski definition) is 4. The molecular formula is C20H28N4O2S. The standard InChI is InChI=1S/C20H28N4O2S/c1-2-3-6-12-27-20-22-16-9-4-5-10-17(16)24(20)14-18(25)23-11-7-8-15(13-23)19(21)26/h4-5,9-10,15H,2-3,6-8,11-14H2,1H3,(H2,21,26). The van der Waals surface area contributed by atoms with Crippen molar-refractivity contribution in [2.24, 2.45) is 11.7 Å². The van der Waals surface area contributed by atoms with Crippen molar-refractivity contribution in [2.75, 3.05) is 18.8 Å². The fourth-order valence-electron chi connectivity index (χ4n) is 3.50. The molecule has 1 saturated heterocycles. The van der Waals surface area contributed by atoms with Gasteiger partial charge in [-0.15, -0.1) is 0 Å². The zero-order chi connectivity index (χ0) is 19.2. The number of rotatable bonds is 8. The van der Waals surface area contributed by atoms with Gasteiger partial charge in [0.2, 0.25) is 11.8 Å². The summed E-state index contributed by atoms with van der Waals surface area (Å²) >= 11 is 1.71. The summed E-state index contributed by atoms with van der Waals surface area (Å²) in [6, 6.07) is 7.93. The van der Waals surface area contributed by atoms with E-state index < -0.39 is 0 Å². The molecule has 3 rings (SSSR count). The van der Waals surface area contributed by atoms with Crippen molar-refractivity contribution in [3.63, 3.8) is 0 Å². The molecule has 1 aromatic heterocycles.